The molecule has 1 aromatic heterocycles. The lowest BCUT2D eigenvalue weighted by molar-refractivity contribution is 1.03. The first-order valence-corrected chi connectivity index (χ1v) is 9.34. The van der Waals surface area contributed by atoms with Gasteiger partial charge in [0.15, 0.2) is 0 Å². The molecule has 1 heterocycles. The summed E-state index contributed by atoms with van der Waals surface area (Å²) in [5.74, 6) is 0.977. The molecule has 2 nitrogen and oxygen atoms in total. The Kier molecular flexibility index (Phi) is 4.41. The van der Waals surface area contributed by atoms with Crippen LogP contribution in [0, 0.1) is 27.7 Å². The quantitative estimate of drug-likeness (QED) is 0.415. The predicted molar refractivity (Wildman–Crippen MR) is 113 cm³/mol. The Balaban J connectivity index is 2.10. The molecule has 134 valence electrons. The Hall–Kier alpha value is -3.13. The van der Waals surface area contributed by atoms with Gasteiger partial charge in [-0.2, -0.15) is 0 Å². The van der Waals surface area contributed by atoms with Crippen molar-refractivity contribution in [2.24, 2.45) is 0 Å². The van der Waals surface area contributed by atoms with Crippen molar-refractivity contribution < 1.29 is 0 Å². The first-order chi connectivity index (χ1) is 13.1. The van der Waals surface area contributed by atoms with Crippen molar-refractivity contribution >= 4 is 0 Å². The zero-order valence-corrected chi connectivity index (χ0v) is 16.3. The van der Waals surface area contributed by atoms with Gasteiger partial charge in [-0.3, -0.25) is 4.57 Å². The van der Waals surface area contributed by atoms with Crippen molar-refractivity contribution in [2.45, 2.75) is 27.7 Å². The van der Waals surface area contributed by atoms with Crippen LogP contribution in [-0.2, 0) is 0 Å². The van der Waals surface area contributed by atoms with Gasteiger partial charge in [-0.25, -0.2) is 4.98 Å². The highest BCUT2D eigenvalue weighted by Gasteiger charge is 2.19. The fourth-order valence-corrected chi connectivity index (χ4v) is 3.92. The van der Waals surface area contributed by atoms with E-state index in [1.165, 1.54) is 33.5 Å². The van der Waals surface area contributed by atoms with E-state index in [0.717, 1.165) is 17.1 Å². The number of aromatic nitrogens is 2. The van der Waals surface area contributed by atoms with Gasteiger partial charge >= 0.3 is 0 Å². The average Bonchev–Trinajstić information content (AvgIpc) is 3.06. The Morgan fingerprint density at radius 3 is 1.78 bits per heavy atom. The molecule has 0 aliphatic rings. The molecule has 0 saturated carbocycles. The third-order valence-corrected chi connectivity index (χ3v) is 5.19. The number of hydrogen-bond acceptors (Lipinski definition) is 1. The Morgan fingerprint density at radius 1 is 0.630 bits per heavy atom. The second-order valence-electron chi connectivity index (χ2n) is 7.18. The highest BCUT2D eigenvalue weighted by atomic mass is 15.1. The van der Waals surface area contributed by atoms with Gasteiger partial charge in [0.1, 0.15) is 5.82 Å². The zero-order valence-electron chi connectivity index (χ0n) is 16.3. The van der Waals surface area contributed by atoms with Gasteiger partial charge in [-0.1, -0.05) is 66.7 Å². The molecule has 0 spiro atoms. The first kappa shape index (κ1) is 17.3. The van der Waals surface area contributed by atoms with Crippen molar-refractivity contribution in [1.82, 2.24) is 9.55 Å². The van der Waals surface area contributed by atoms with E-state index in [9.17, 15) is 0 Å². The number of aryl methyl sites for hydroxylation is 4. The van der Waals surface area contributed by atoms with E-state index in [0.29, 0.717) is 0 Å². The minimum atomic E-state index is 0.977. The van der Waals surface area contributed by atoms with Crippen LogP contribution in [0.2, 0.25) is 0 Å². The van der Waals surface area contributed by atoms with Crippen LogP contribution in [0.4, 0.5) is 0 Å². The maximum absolute atomic E-state index is 4.87. The molecule has 0 bridgehead atoms. The fourth-order valence-electron chi connectivity index (χ4n) is 3.92. The van der Waals surface area contributed by atoms with Gasteiger partial charge < -0.3 is 0 Å². The standard InChI is InChI=1S/C25H24N2/c1-17-10-8-11-18(2)23(17)22-16-26-25(21-14-6-5-7-15-21)27(22)24-19(3)12-9-13-20(24)4/h5-16H,1-4H3. The SMILES string of the molecule is Cc1cccc(C)c1-c1cnc(-c2ccccc2)n1-c1c(C)cccc1C. The number of benzene rings is 3. The number of imidazole rings is 1. The second kappa shape index (κ2) is 6.88. The van der Waals surface area contributed by atoms with Crippen LogP contribution in [-0.4, -0.2) is 9.55 Å². The summed E-state index contributed by atoms with van der Waals surface area (Å²) in [5.41, 5.74) is 9.76. The zero-order chi connectivity index (χ0) is 19.0. The Labute approximate surface area is 161 Å². The number of para-hydroxylation sites is 1. The molecule has 0 amide bonds. The van der Waals surface area contributed by atoms with E-state index in [-0.39, 0.29) is 0 Å². The van der Waals surface area contributed by atoms with E-state index >= 15 is 0 Å². The minimum absolute atomic E-state index is 0.977. The maximum Gasteiger partial charge on any atom is 0.145 e. The third-order valence-electron chi connectivity index (χ3n) is 5.19. The number of nitrogens with zero attached hydrogens (tertiary/aromatic N) is 2. The predicted octanol–water partition coefficient (Wildman–Crippen LogP) is 6.44. The topological polar surface area (TPSA) is 17.8 Å². The molecule has 27 heavy (non-hydrogen) atoms. The van der Waals surface area contributed by atoms with Crippen LogP contribution >= 0.6 is 0 Å². The summed E-state index contributed by atoms with van der Waals surface area (Å²) in [7, 11) is 0. The highest BCUT2D eigenvalue weighted by Crippen LogP contribution is 2.35. The third kappa shape index (κ3) is 2.97. The monoisotopic (exact) mass is 352 g/mol. The minimum Gasteiger partial charge on any atom is -0.292 e. The van der Waals surface area contributed by atoms with Crippen LogP contribution in [0.15, 0.2) is 72.9 Å². The molecule has 0 aliphatic heterocycles. The molecule has 4 aromatic rings. The van der Waals surface area contributed by atoms with E-state index < -0.39 is 0 Å². The summed E-state index contributed by atoms with van der Waals surface area (Å²) in [4.78, 5) is 4.87. The van der Waals surface area contributed by atoms with Crippen LogP contribution in [0.5, 0.6) is 0 Å². The van der Waals surface area contributed by atoms with Gasteiger partial charge in [0, 0.05) is 11.1 Å². The van der Waals surface area contributed by atoms with Crippen molar-refractivity contribution in [3.8, 4) is 28.3 Å². The lowest BCUT2D eigenvalue weighted by Gasteiger charge is -2.19. The molecule has 3 aromatic carbocycles. The summed E-state index contributed by atoms with van der Waals surface area (Å²) >= 11 is 0. The van der Waals surface area contributed by atoms with Gasteiger partial charge in [-0.15, -0.1) is 0 Å². The maximum atomic E-state index is 4.87. The molecule has 0 atom stereocenters. The van der Waals surface area contributed by atoms with Crippen molar-refractivity contribution in [2.75, 3.05) is 0 Å². The largest absolute Gasteiger partial charge is 0.292 e. The Morgan fingerprint density at radius 2 is 1.19 bits per heavy atom. The summed E-state index contributed by atoms with van der Waals surface area (Å²) < 4.78 is 2.33. The van der Waals surface area contributed by atoms with Crippen molar-refractivity contribution in [3.05, 3.63) is 95.2 Å². The van der Waals surface area contributed by atoms with Crippen LogP contribution < -0.4 is 0 Å². The molecule has 0 fully saturated rings. The second-order valence-corrected chi connectivity index (χ2v) is 7.18. The molecular weight excluding hydrogens is 328 g/mol. The van der Waals surface area contributed by atoms with Crippen molar-refractivity contribution in [3.63, 3.8) is 0 Å². The average molecular weight is 352 g/mol. The van der Waals surface area contributed by atoms with Gasteiger partial charge in [-0.05, 0) is 49.9 Å². The molecule has 0 N–H and O–H groups in total. The van der Waals surface area contributed by atoms with Crippen LogP contribution in [0.1, 0.15) is 22.3 Å². The van der Waals surface area contributed by atoms with Gasteiger partial charge in [0.2, 0.25) is 0 Å². The molecule has 0 unspecified atom stereocenters. The molecule has 0 radical (unpaired) electrons. The van der Waals surface area contributed by atoms with E-state index in [2.05, 4.69) is 92.9 Å². The summed E-state index contributed by atoms with van der Waals surface area (Å²) in [6, 6.07) is 23.4. The lowest BCUT2D eigenvalue weighted by atomic mass is 9.99. The summed E-state index contributed by atoms with van der Waals surface area (Å²) in [6.45, 7) is 8.69. The molecule has 0 saturated heterocycles. The molecule has 0 aliphatic carbocycles. The van der Waals surface area contributed by atoms with Crippen LogP contribution in [0.3, 0.4) is 0 Å². The first-order valence-electron chi connectivity index (χ1n) is 9.34. The van der Waals surface area contributed by atoms with E-state index in [1.807, 2.05) is 12.3 Å². The van der Waals surface area contributed by atoms with Gasteiger partial charge in [0.05, 0.1) is 17.6 Å². The van der Waals surface area contributed by atoms with E-state index in [4.69, 9.17) is 4.98 Å². The summed E-state index contributed by atoms with van der Waals surface area (Å²) in [6.07, 6.45) is 2.02. The molecule has 4 rings (SSSR count). The molecular formula is C25H24N2. The Bertz CT molecular complexity index is 1060. The highest BCUT2D eigenvalue weighted by molar-refractivity contribution is 5.75. The van der Waals surface area contributed by atoms with Crippen molar-refractivity contribution in [1.29, 1.82) is 0 Å². The van der Waals surface area contributed by atoms with Crippen LogP contribution in [0.25, 0.3) is 28.3 Å². The van der Waals surface area contributed by atoms with E-state index in [1.54, 1.807) is 0 Å². The molecule has 2 heteroatoms. The summed E-state index contributed by atoms with van der Waals surface area (Å²) in [5, 5.41) is 0. The lowest BCUT2D eigenvalue weighted by Crippen LogP contribution is -2.05. The normalized spacial score (nSPS) is 11.0. The van der Waals surface area contributed by atoms with Gasteiger partial charge in [0.25, 0.3) is 0 Å². The number of rotatable bonds is 3. The number of hydrogen-bond donors (Lipinski definition) is 0. The fraction of sp³-hybridized carbons (Fsp3) is 0.160. The smallest absolute Gasteiger partial charge is 0.145 e.